The van der Waals surface area contributed by atoms with Gasteiger partial charge >= 0.3 is 0 Å². The van der Waals surface area contributed by atoms with Crippen LogP contribution >= 0.6 is 0 Å². The van der Waals surface area contributed by atoms with Crippen LogP contribution in [-0.2, 0) is 21.2 Å². The summed E-state index contributed by atoms with van der Waals surface area (Å²) in [5.41, 5.74) is 2.07. The van der Waals surface area contributed by atoms with Gasteiger partial charge in [-0.1, -0.05) is 29.8 Å². The molecule has 0 spiro atoms. The fourth-order valence-electron chi connectivity index (χ4n) is 3.30. The maximum atomic E-state index is 12.6. The number of rotatable bonds is 8. The number of piperazine rings is 1. The summed E-state index contributed by atoms with van der Waals surface area (Å²) >= 11 is 0. The van der Waals surface area contributed by atoms with Crippen LogP contribution in [0.3, 0.4) is 0 Å². The lowest BCUT2D eigenvalue weighted by Gasteiger charge is -2.33. The average Bonchev–Trinajstić information content (AvgIpc) is 2.72. The zero-order valence-corrected chi connectivity index (χ0v) is 17.4. The Hall–Kier alpha value is -2.52. The number of aryl methyl sites for hydroxylation is 1. The molecule has 9 heteroatoms. The number of nitrogens with zero attached hydrogens (tertiary/aromatic N) is 4. The highest BCUT2D eigenvalue weighted by Gasteiger charge is 2.27. The van der Waals surface area contributed by atoms with Gasteiger partial charge in [0, 0.05) is 45.1 Å². The largest absolute Gasteiger partial charge is 0.356 e. The summed E-state index contributed by atoms with van der Waals surface area (Å²) in [4.78, 5) is 22.4. The van der Waals surface area contributed by atoms with E-state index in [1.165, 1.54) is 4.31 Å². The topological polar surface area (TPSA) is 95.5 Å². The summed E-state index contributed by atoms with van der Waals surface area (Å²) in [5, 5.41) is 2.81. The van der Waals surface area contributed by atoms with Gasteiger partial charge in [0.2, 0.25) is 21.9 Å². The fraction of sp³-hybridized carbons (Fsp3) is 0.450. The van der Waals surface area contributed by atoms with Crippen LogP contribution in [0, 0.1) is 6.92 Å². The van der Waals surface area contributed by atoms with Crippen LogP contribution in [0.25, 0.3) is 0 Å². The minimum atomic E-state index is -3.34. The second kappa shape index (κ2) is 9.80. The van der Waals surface area contributed by atoms with E-state index in [9.17, 15) is 13.2 Å². The van der Waals surface area contributed by atoms with E-state index in [1.54, 1.807) is 18.5 Å². The molecule has 1 aromatic carbocycles. The van der Waals surface area contributed by atoms with Crippen molar-refractivity contribution >= 4 is 21.9 Å². The summed E-state index contributed by atoms with van der Waals surface area (Å²) in [5.74, 6) is 0.560. The molecule has 1 amide bonds. The highest BCUT2D eigenvalue weighted by molar-refractivity contribution is 7.89. The molecule has 1 aliphatic heterocycles. The Morgan fingerprint density at radius 3 is 2.52 bits per heavy atom. The maximum Gasteiger partial charge on any atom is 0.225 e. The van der Waals surface area contributed by atoms with Gasteiger partial charge in [-0.15, -0.1) is 0 Å². The van der Waals surface area contributed by atoms with Gasteiger partial charge in [0.1, 0.15) is 0 Å². The average molecular weight is 418 g/mol. The molecular weight excluding hydrogens is 390 g/mol. The smallest absolute Gasteiger partial charge is 0.225 e. The number of benzene rings is 1. The minimum Gasteiger partial charge on any atom is -0.356 e. The zero-order valence-electron chi connectivity index (χ0n) is 16.6. The third-order valence-electron chi connectivity index (χ3n) is 4.82. The van der Waals surface area contributed by atoms with Crippen molar-refractivity contribution < 1.29 is 13.2 Å². The summed E-state index contributed by atoms with van der Waals surface area (Å²) in [7, 11) is -3.34. The van der Waals surface area contributed by atoms with E-state index in [0.29, 0.717) is 51.5 Å². The lowest BCUT2D eigenvalue weighted by atomic mass is 10.1. The van der Waals surface area contributed by atoms with Crippen LogP contribution in [-0.4, -0.2) is 67.1 Å². The quantitative estimate of drug-likeness (QED) is 0.644. The second-order valence-corrected chi connectivity index (χ2v) is 9.21. The Morgan fingerprint density at radius 1 is 1.10 bits per heavy atom. The standard InChI is InChI=1S/C20H27N5O3S/c1-17-5-2-6-18(15-17)16-19(26)21-9-4-14-29(27,28)25-12-10-24(11-13-25)20-22-7-3-8-23-20/h2-3,5-8,15H,4,9-14,16H2,1H3,(H,21,26). The zero-order chi connectivity index (χ0) is 20.7. The summed E-state index contributed by atoms with van der Waals surface area (Å²) in [6, 6.07) is 9.55. The van der Waals surface area contributed by atoms with Crippen molar-refractivity contribution in [3.05, 3.63) is 53.9 Å². The Bertz CT molecular complexity index is 913. The number of aromatic nitrogens is 2. The van der Waals surface area contributed by atoms with Gasteiger partial charge in [0.15, 0.2) is 0 Å². The van der Waals surface area contributed by atoms with Gasteiger partial charge in [0.05, 0.1) is 12.2 Å². The molecule has 1 N–H and O–H groups in total. The normalized spacial score (nSPS) is 15.3. The molecule has 2 heterocycles. The van der Waals surface area contributed by atoms with Crippen molar-refractivity contribution in [2.45, 2.75) is 19.8 Å². The van der Waals surface area contributed by atoms with Crippen molar-refractivity contribution in [1.82, 2.24) is 19.6 Å². The first-order valence-electron chi connectivity index (χ1n) is 9.76. The Kier molecular flexibility index (Phi) is 7.16. The van der Waals surface area contributed by atoms with Crippen LogP contribution in [0.15, 0.2) is 42.7 Å². The van der Waals surface area contributed by atoms with Crippen molar-refractivity contribution in [3.8, 4) is 0 Å². The van der Waals surface area contributed by atoms with Gasteiger partial charge in [-0.3, -0.25) is 4.79 Å². The molecule has 0 radical (unpaired) electrons. The van der Waals surface area contributed by atoms with E-state index in [2.05, 4.69) is 15.3 Å². The molecule has 0 bridgehead atoms. The van der Waals surface area contributed by atoms with Crippen LogP contribution in [0.4, 0.5) is 5.95 Å². The first-order valence-corrected chi connectivity index (χ1v) is 11.4. The third kappa shape index (κ3) is 6.23. The number of carbonyl (C=O) groups is 1. The molecule has 1 aromatic heterocycles. The van der Waals surface area contributed by atoms with Crippen molar-refractivity contribution in [2.24, 2.45) is 0 Å². The van der Waals surface area contributed by atoms with E-state index in [0.717, 1.165) is 11.1 Å². The first kappa shape index (κ1) is 21.2. The van der Waals surface area contributed by atoms with Gasteiger partial charge in [-0.25, -0.2) is 18.4 Å². The van der Waals surface area contributed by atoms with Crippen molar-refractivity contribution in [1.29, 1.82) is 0 Å². The van der Waals surface area contributed by atoms with Crippen molar-refractivity contribution in [3.63, 3.8) is 0 Å². The Balaban J connectivity index is 1.38. The number of hydrogen-bond acceptors (Lipinski definition) is 6. The lowest BCUT2D eigenvalue weighted by Crippen LogP contribution is -2.49. The monoisotopic (exact) mass is 417 g/mol. The molecule has 156 valence electrons. The Labute approximate surface area is 172 Å². The molecule has 0 atom stereocenters. The maximum absolute atomic E-state index is 12.6. The van der Waals surface area contributed by atoms with Crippen molar-refractivity contribution in [2.75, 3.05) is 43.4 Å². The van der Waals surface area contributed by atoms with E-state index in [-0.39, 0.29) is 11.7 Å². The number of anilines is 1. The summed E-state index contributed by atoms with van der Waals surface area (Å²) < 4.78 is 26.6. The molecule has 0 unspecified atom stereocenters. The summed E-state index contributed by atoms with van der Waals surface area (Å²) in [6.07, 6.45) is 4.05. The van der Waals surface area contributed by atoms with Gasteiger partial charge in [-0.05, 0) is 25.0 Å². The molecule has 0 saturated carbocycles. The third-order valence-corrected chi connectivity index (χ3v) is 6.77. The Morgan fingerprint density at radius 2 is 1.83 bits per heavy atom. The van der Waals surface area contributed by atoms with Gasteiger partial charge in [-0.2, -0.15) is 4.31 Å². The van der Waals surface area contributed by atoms with E-state index in [4.69, 9.17) is 0 Å². The highest BCUT2D eigenvalue weighted by Crippen LogP contribution is 2.13. The SMILES string of the molecule is Cc1cccc(CC(=O)NCCCS(=O)(=O)N2CCN(c3ncccn3)CC2)c1. The number of carbonyl (C=O) groups excluding carboxylic acids is 1. The fourth-order valence-corrected chi connectivity index (χ4v) is 4.79. The van der Waals surface area contributed by atoms with Crippen LogP contribution in [0.2, 0.25) is 0 Å². The van der Waals surface area contributed by atoms with Crippen LogP contribution in [0.5, 0.6) is 0 Å². The summed E-state index contributed by atoms with van der Waals surface area (Å²) in [6.45, 7) is 4.30. The molecule has 1 aliphatic rings. The van der Waals surface area contributed by atoms with Crippen LogP contribution in [0.1, 0.15) is 17.5 Å². The number of amides is 1. The lowest BCUT2D eigenvalue weighted by molar-refractivity contribution is -0.120. The highest BCUT2D eigenvalue weighted by atomic mass is 32.2. The van der Waals surface area contributed by atoms with E-state index < -0.39 is 10.0 Å². The van der Waals surface area contributed by atoms with Gasteiger partial charge in [0.25, 0.3) is 0 Å². The van der Waals surface area contributed by atoms with Gasteiger partial charge < -0.3 is 10.2 Å². The van der Waals surface area contributed by atoms with E-state index >= 15 is 0 Å². The predicted molar refractivity (Wildman–Crippen MR) is 112 cm³/mol. The molecule has 29 heavy (non-hydrogen) atoms. The molecule has 1 saturated heterocycles. The number of hydrogen-bond donors (Lipinski definition) is 1. The molecule has 3 rings (SSSR count). The first-order chi connectivity index (χ1) is 13.9. The number of sulfonamides is 1. The molecule has 0 aliphatic carbocycles. The van der Waals surface area contributed by atoms with Crippen LogP contribution < -0.4 is 10.2 Å². The predicted octanol–water partition coefficient (Wildman–Crippen LogP) is 0.986. The molecule has 2 aromatic rings. The van der Waals surface area contributed by atoms with E-state index in [1.807, 2.05) is 36.1 Å². The minimum absolute atomic E-state index is 0.0273. The molecule has 1 fully saturated rings. The molecule has 8 nitrogen and oxygen atoms in total. The number of nitrogens with one attached hydrogen (secondary N) is 1. The second-order valence-electron chi connectivity index (χ2n) is 7.12. The molecular formula is C20H27N5O3S.